The van der Waals surface area contributed by atoms with E-state index in [9.17, 15) is 9.59 Å². The molecular formula is C14H15N3O2S. The van der Waals surface area contributed by atoms with E-state index in [-0.39, 0.29) is 5.56 Å². The van der Waals surface area contributed by atoms with Crippen LogP contribution in [-0.4, -0.2) is 21.6 Å². The van der Waals surface area contributed by atoms with Crippen molar-refractivity contribution < 1.29 is 4.79 Å². The number of aryl methyl sites for hydroxylation is 2. The van der Waals surface area contributed by atoms with E-state index in [1.54, 1.807) is 19.1 Å². The molecular weight excluding hydrogens is 274 g/mol. The lowest BCUT2D eigenvalue weighted by Crippen LogP contribution is -2.10. The van der Waals surface area contributed by atoms with Gasteiger partial charge in [-0.25, -0.2) is 4.98 Å². The topological polar surface area (TPSA) is 88.8 Å². The Balaban J connectivity index is 1.92. The highest BCUT2D eigenvalue weighted by atomic mass is 32.2. The predicted octanol–water partition coefficient (Wildman–Crippen LogP) is 1.51. The van der Waals surface area contributed by atoms with Crippen LogP contribution in [0.1, 0.15) is 21.6 Å². The van der Waals surface area contributed by atoms with Crippen LogP contribution in [0.4, 0.5) is 0 Å². The van der Waals surface area contributed by atoms with E-state index >= 15 is 0 Å². The Labute approximate surface area is 120 Å². The van der Waals surface area contributed by atoms with Crippen molar-refractivity contribution in [2.75, 3.05) is 5.75 Å². The molecule has 104 valence electrons. The number of nitrogens with two attached hydrogens (primary N) is 1. The molecule has 0 unspecified atom stereocenters. The number of rotatable bonds is 5. The van der Waals surface area contributed by atoms with Gasteiger partial charge in [0.05, 0.1) is 0 Å². The Bertz CT molecular complexity index is 665. The van der Waals surface area contributed by atoms with Crippen LogP contribution in [-0.2, 0) is 6.42 Å². The summed E-state index contributed by atoms with van der Waals surface area (Å²) in [4.78, 5) is 29.2. The van der Waals surface area contributed by atoms with Crippen molar-refractivity contribution in [1.29, 1.82) is 0 Å². The standard InChI is InChI=1S/C14H15N3O2S/c1-9-8-12(18)17-14(16-9)20-7-6-10-2-4-11(5-3-10)13(15)19/h2-5,8H,6-7H2,1H3,(H2,15,19)(H,16,17,18). The van der Waals surface area contributed by atoms with E-state index in [2.05, 4.69) is 9.97 Å². The first kappa shape index (κ1) is 14.3. The smallest absolute Gasteiger partial charge is 0.251 e. The molecule has 0 radical (unpaired) electrons. The molecule has 5 nitrogen and oxygen atoms in total. The van der Waals surface area contributed by atoms with E-state index in [1.807, 2.05) is 12.1 Å². The summed E-state index contributed by atoms with van der Waals surface area (Å²) in [5.74, 6) is 0.370. The van der Waals surface area contributed by atoms with Crippen LogP contribution in [0.5, 0.6) is 0 Å². The monoisotopic (exact) mass is 289 g/mol. The van der Waals surface area contributed by atoms with E-state index in [0.717, 1.165) is 17.7 Å². The highest BCUT2D eigenvalue weighted by molar-refractivity contribution is 7.99. The predicted molar refractivity (Wildman–Crippen MR) is 79.0 cm³/mol. The van der Waals surface area contributed by atoms with Gasteiger partial charge in [0.2, 0.25) is 5.91 Å². The van der Waals surface area contributed by atoms with Crippen molar-refractivity contribution in [2.24, 2.45) is 5.73 Å². The van der Waals surface area contributed by atoms with Gasteiger partial charge in [-0.3, -0.25) is 9.59 Å². The van der Waals surface area contributed by atoms with Gasteiger partial charge in [-0.15, -0.1) is 0 Å². The molecule has 0 atom stereocenters. The minimum Gasteiger partial charge on any atom is -0.366 e. The lowest BCUT2D eigenvalue weighted by atomic mass is 10.1. The van der Waals surface area contributed by atoms with Crippen molar-refractivity contribution in [3.63, 3.8) is 0 Å². The fourth-order valence-corrected chi connectivity index (χ4v) is 2.63. The number of primary amides is 1. The molecule has 2 aromatic rings. The van der Waals surface area contributed by atoms with E-state index in [0.29, 0.717) is 16.4 Å². The summed E-state index contributed by atoms with van der Waals surface area (Å²) >= 11 is 1.50. The zero-order valence-electron chi connectivity index (χ0n) is 11.1. The summed E-state index contributed by atoms with van der Waals surface area (Å²) in [5, 5.41) is 0.628. The Morgan fingerprint density at radius 1 is 1.35 bits per heavy atom. The van der Waals surface area contributed by atoms with Gasteiger partial charge in [-0.05, 0) is 31.0 Å². The zero-order chi connectivity index (χ0) is 14.5. The third-order valence-electron chi connectivity index (χ3n) is 2.72. The first-order valence-corrected chi connectivity index (χ1v) is 7.12. The SMILES string of the molecule is Cc1cc(=O)[nH]c(SCCc2ccc(C(N)=O)cc2)n1. The first-order chi connectivity index (χ1) is 9.54. The molecule has 0 bridgehead atoms. The molecule has 0 saturated heterocycles. The number of carbonyl (C=O) groups is 1. The van der Waals surface area contributed by atoms with E-state index < -0.39 is 5.91 Å². The molecule has 1 aromatic carbocycles. The molecule has 0 aliphatic rings. The lowest BCUT2D eigenvalue weighted by molar-refractivity contribution is 0.100. The summed E-state index contributed by atoms with van der Waals surface area (Å²) < 4.78 is 0. The van der Waals surface area contributed by atoms with Crippen molar-refractivity contribution in [3.8, 4) is 0 Å². The van der Waals surface area contributed by atoms with Crippen molar-refractivity contribution in [1.82, 2.24) is 9.97 Å². The molecule has 1 amide bonds. The molecule has 0 fully saturated rings. The van der Waals surface area contributed by atoms with Crippen LogP contribution in [0.25, 0.3) is 0 Å². The average Bonchev–Trinajstić information content (AvgIpc) is 2.38. The summed E-state index contributed by atoms with van der Waals surface area (Å²) in [6.45, 7) is 1.79. The maximum absolute atomic E-state index is 11.3. The summed E-state index contributed by atoms with van der Waals surface area (Å²) in [7, 11) is 0. The number of nitrogens with zero attached hydrogens (tertiary/aromatic N) is 1. The molecule has 1 aromatic heterocycles. The minimum absolute atomic E-state index is 0.134. The lowest BCUT2D eigenvalue weighted by Gasteiger charge is -2.03. The van der Waals surface area contributed by atoms with Crippen LogP contribution in [0.15, 0.2) is 40.3 Å². The number of H-pyrrole nitrogens is 1. The van der Waals surface area contributed by atoms with Gasteiger partial charge in [0, 0.05) is 23.1 Å². The highest BCUT2D eigenvalue weighted by Gasteiger charge is 2.02. The van der Waals surface area contributed by atoms with Gasteiger partial charge in [0.25, 0.3) is 5.56 Å². The molecule has 3 N–H and O–H groups in total. The van der Waals surface area contributed by atoms with Gasteiger partial charge in [-0.1, -0.05) is 23.9 Å². The number of benzene rings is 1. The third-order valence-corrected chi connectivity index (χ3v) is 3.59. The van der Waals surface area contributed by atoms with Gasteiger partial charge in [-0.2, -0.15) is 0 Å². The molecule has 0 spiro atoms. The summed E-state index contributed by atoms with van der Waals surface area (Å²) in [5.41, 5.74) is 7.37. The third kappa shape index (κ3) is 3.96. The second-order valence-electron chi connectivity index (χ2n) is 4.35. The van der Waals surface area contributed by atoms with Crippen LogP contribution in [0.3, 0.4) is 0 Å². The molecule has 6 heteroatoms. The second-order valence-corrected chi connectivity index (χ2v) is 5.44. The second kappa shape index (κ2) is 6.38. The average molecular weight is 289 g/mol. The number of thioether (sulfide) groups is 1. The number of amides is 1. The van der Waals surface area contributed by atoms with Crippen LogP contribution < -0.4 is 11.3 Å². The van der Waals surface area contributed by atoms with Crippen LogP contribution in [0, 0.1) is 6.92 Å². The summed E-state index contributed by atoms with van der Waals surface area (Å²) in [6.07, 6.45) is 0.821. The molecule has 0 aliphatic carbocycles. The van der Waals surface area contributed by atoms with Gasteiger partial charge < -0.3 is 10.7 Å². The number of nitrogens with one attached hydrogen (secondary N) is 1. The Hall–Kier alpha value is -2.08. The van der Waals surface area contributed by atoms with Crippen LogP contribution in [0.2, 0.25) is 0 Å². The Kier molecular flexibility index (Phi) is 4.57. The van der Waals surface area contributed by atoms with E-state index in [4.69, 9.17) is 5.73 Å². The molecule has 20 heavy (non-hydrogen) atoms. The number of hydrogen-bond acceptors (Lipinski definition) is 4. The number of aromatic nitrogens is 2. The number of hydrogen-bond donors (Lipinski definition) is 2. The maximum Gasteiger partial charge on any atom is 0.251 e. The van der Waals surface area contributed by atoms with Crippen LogP contribution >= 0.6 is 11.8 Å². The largest absolute Gasteiger partial charge is 0.366 e. The van der Waals surface area contributed by atoms with Gasteiger partial charge in [0.1, 0.15) is 0 Å². The number of carbonyl (C=O) groups excluding carboxylic acids is 1. The molecule has 2 rings (SSSR count). The quantitative estimate of drug-likeness (QED) is 0.645. The minimum atomic E-state index is -0.424. The Morgan fingerprint density at radius 2 is 2.05 bits per heavy atom. The maximum atomic E-state index is 11.3. The van der Waals surface area contributed by atoms with E-state index in [1.165, 1.54) is 17.8 Å². The first-order valence-electron chi connectivity index (χ1n) is 6.14. The zero-order valence-corrected chi connectivity index (χ0v) is 11.9. The molecule has 0 saturated carbocycles. The van der Waals surface area contributed by atoms with Crippen molar-refractivity contribution in [2.45, 2.75) is 18.5 Å². The molecule has 0 aliphatic heterocycles. The van der Waals surface area contributed by atoms with Crippen molar-refractivity contribution >= 4 is 17.7 Å². The van der Waals surface area contributed by atoms with Crippen molar-refractivity contribution in [3.05, 3.63) is 57.5 Å². The fourth-order valence-electron chi connectivity index (χ4n) is 1.72. The fraction of sp³-hybridized carbons (Fsp3) is 0.214. The normalized spacial score (nSPS) is 10.4. The molecule has 1 heterocycles. The highest BCUT2D eigenvalue weighted by Crippen LogP contribution is 2.14. The summed E-state index contributed by atoms with van der Waals surface area (Å²) in [6, 6.07) is 8.66. The van der Waals surface area contributed by atoms with Gasteiger partial charge in [0.15, 0.2) is 5.16 Å². The Morgan fingerprint density at radius 3 is 2.65 bits per heavy atom. The van der Waals surface area contributed by atoms with Gasteiger partial charge >= 0.3 is 0 Å². The number of aromatic amines is 1.